The van der Waals surface area contributed by atoms with Gasteiger partial charge in [-0.2, -0.15) is 0 Å². The molecule has 0 aromatic carbocycles. The molecule has 0 radical (unpaired) electrons. The van der Waals surface area contributed by atoms with Gasteiger partial charge in [0.05, 0.1) is 19.8 Å². The number of halogens is 1. The van der Waals surface area contributed by atoms with E-state index in [0.29, 0.717) is 25.7 Å². The molecule has 26 heavy (non-hydrogen) atoms. The maximum atomic E-state index is 5.59. The van der Waals surface area contributed by atoms with Gasteiger partial charge in [0.1, 0.15) is 0 Å². The zero-order valence-corrected chi connectivity index (χ0v) is 19.0. The van der Waals surface area contributed by atoms with E-state index in [9.17, 15) is 0 Å². The molecule has 1 saturated heterocycles. The zero-order valence-electron chi connectivity index (χ0n) is 16.7. The highest BCUT2D eigenvalue weighted by Gasteiger charge is 2.34. The standard InChI is InChI=1S/C19H38N4O2.HI/c1-3-5-11-24-13-14-25-12-9-21-19(20-4-2)22-15-17-8-10-23(16-17)18-6-7-18;/h17-18H,3-16H2,1-2H3,(H2,20,21,22);1H. The van der Waals surface area contributed by atoms with Crippen LogP contribution in [0.1, 0.15) is 46.0 Å². The summed E-state index contributed by atoms with van der Waals surface area (Å²) in [5, 5.41) is 6.68. The average Bonchev–Trinajstić information content (AvgIpc) is 3.36. The molecule has 0 aromatic heterocycles. The van der Waals surface area contributed by atoms with Crippen LogP contribution in [-0.2, 0) is 9.47 Å². The van der Waals surface area contributed by atoms with Crippen LogP contribution < -0.4 is 10.6 Å². The predicted molar refractivity (Wildman–Crippen MR) is 119 cm³/mol. The fourth-order valence-electron chi connectivity index (χ4n) is 3.16. The maximum absolute atomic E-state index is 5.59. The molecule has 1 aliphatic carbocycles. The first kappa shape index (κ1) is 23.9. The highest BCUT2D eigenvalue weighted by atomic mass is 127. The first-order chi connectivity index (χ1) is 12.3. The minimum atomic E-state index is 0. The Labute approximate surface area is 176 Å². The Balaban J connectivity index is 0.00000338. The largest absolute Gasteiger partial charge is 0.379 e. The summed E-state index contributed by atoms with van der Waals surface area (Å²) in [7, 11) is 0. The fraction of sp³-hybridized carbons (Fsp3) is 0.947. The van der Waals surface area contributed by atoms with Crippen molar-refractivity contribution in [1.29, 1.82) is 0 Å². The number of hydrogen-bond donors (Lipinski definition) is 2. The Hall–Kier alpha value is -0.120. The minimum Gasteiger partial charge on any atom is -0.379 e. The van der Waals surface area contributed by atoms with Crippen molar-refractivity contribution in [3.63, 3.8) is 0 Å². The van der Waals surface area contributed by atoms with E-state index in [1.165, 1.54) is 38.8 Å². The van der Waals surface area contributed by atoms with Crippen molar-refractivity contribution in [2.45, 2.75) is 52.0 Å². The van der Waals surface area contributed by atoms with Crippen LogP contribution in [0.5, 0.6) is 0 Å². The molecule has 2 N–H and O–H groups in total. The minimum absolute atomic E-state index is 0. The van der Waals surface area contributed by atoms with Gasteiger partial charge in [0.15, 0.2) is 5.96 Å². The molecule has 0 amide bonds. The summed E-state index contributed by atoms with van der Waals surface area (Å²) in [5.74, 6) is 1.63. The van der Waals surface area contributed by atoms with Crippen LogP contribution in [0.2, 0.25) is 0 Å². The Kier molecular flexibility index (Phi) is 13.7. The molecule has 0 spiro atoms. The van der Waals surface area contributed by atoms with Gasteiger partial charge in [-0.05, 0) is 45.1 Å². The van der Waals surface area contributed by atoms with Crippen LogP contribution in [0.25, 0.3) is 0 Å². The van der Waals surface area contributed by atoms with Gasteiger partial charge in [0.2, 0.25) is 0 Å². The van der Waals surface area contributed by atoms with E-state index in [1.807, 2.05) is 0 Å². The van der Waals surface area contributed by atoms with E-state index in [4.69, 9.17) is 14.5 Å². The second-order valence-electron chi connectivity index (χ2n) is 7.11. The Morgan fingerprint density at radius 2 is 1.81 bits per heavy atom. The number of ether oxygens (including phenoxy) is 2. The van der Waals surface area contributed by atoms with Gasteiger partial charge in [-0.1, -0.05) is 13.3 Å². The summed E-state index contributed by atoms with van der Waals surface area (Å²) in [4.78, 5) is 7.41. The van der Waals surface area contributed by atoms with E-state index < -0.39 is 0 Å². The maximum Gasteiger partial charge on any atom is 0.191 e. The molecule has 0 bridgehead atoms. The average molecular weight is 482 g/mol. The third-order valence-electron chi connectivity index (χ3n) is 4.79. The third-order valence-corrected chi connectivity index (χ3v) is 4.79. The van der Waals surface area contributed by atoms with Crippen molar-refractivity contribution in [2.75, 3.05) is 59.2 Å². The number of aliphatic imine (C=N–C) groups is 1. The SMILES string of the molecule is CCCCOCCOCCNC(=NCC1CCN(C2CC2)C1)NCC.I. The lowest BCUT2D eigenvalue weighted by molar-refractivity contribution is 0.0487. The van der Waals surface area contributed by atoms with Crippen molar-refractivity contribution < 1.29 is 9.47 Å². The lowest BCUT2D eigenvalue weighted by Gasteiger charge is -2.15. The van der Waals surface area contributed by atoms with E-state index in [-0.39, 0.29) is 24.0 Å². The number of likely N-dealkylation sites (tertiary alicyclic amines) is 1. The van der Waals surface area contributed by atoms with Crippen molar-refractivity contribution in [3.05, 3.63) is 0 Å². The smallest absolute Gasteiger partial charge is 0.191 e. The Morgan fingerprint density at radius 3 is 2.50 bits per heavy atom. The molecule has 2 rings (SSSR count). The van der Waals surface area contributed by atoms with Crippen molar-refractivity contribution in [2.24, 2.45) is 10.9 Å². The van der Waals surface area contributed by atoms with Crippen molar-refractivity contribution in [1.82, 2.24) is 15.5 Å². The number of hydrogen-bond acceptors (Lipinski definition) is 4. The summed E-state index contributed by atoms with van der Waals surface area (Å²) in [5.41, 5.74) is 0. The molecule has 6 nitrogen and oxygen atoms in total. The summed E-state index contributed by atoms with van der Waals surface area (Å²) in [6.45, 7) is 12.2. The lowest BCUT2D eigenvalue weighted by Crippen LogP contribution is -2.39. The van der Waals surface area contributed by atoms with E-state index in [0.717, 1.165) is 44.7 Å². The van der Waals surface area contributed by atoms with E-state index in [1.54, 1.807) is 0 Å². The van der Waals surface area contributed by atoms with Gasteiger partial charge in [-0.25, -0.2) is 0 Å². The molecule has 1 saturated carbocycles. The van der Waals surface area contributed by atoms with Crippen LogP contribution in [0, 0.1) is 5.92 Å². The molecular weight excluding hydrogens is 443 g/mol. The first-order valence-electron chi connectivity index (χ1n) is 10.2. The van der Waals surface area contributed by atoms with Gasteiger partial charge in [-0.15, -0.1) is 24.0 Å². The van der Waals surface area contributed by atoms with Crippen LogP contribution >= 0.6 is 24.0 Å². The first-order valence-corrected chi connectivity index (χ1v) is 10.2. The van der Waals surface area contributed by atoms with Crippen molar-refractivity contribution in [3.8, 4) is 0 Å². The van der Waals surface area contributed by atoms with Crippen molar-refractivity contribution >= 4 is 29.9 Å². The highest BCUT2D eigenvalue weighted by molar-refractivity contribution is 14.0. The molecule has 0 aromatic rings. The molecule has 2 aliphatic rings. The molecule has 2 fully saturated rings. The fourth-order valence-corrected chi connectivity index (χ4v) is 3.16. The number of nitrogens with zero attached hydrogens (tertiary/aromatic N) is 2. The van der Waals surface area contributed by atoms with Gasteiger partial charge in [0, 0.05) is 38.8 Å². The van der Waals surface area contributed by atoms with Crippen LogP contribution in [0.4, 0.5) is 0 Å². The Morgan fingerprint density at radius 1 is 1.04 bits per heavy atom. The molecule has 7 heteroatoms. The normalized spacial score (nSPS) is 20.8. The van der Waals surface area contributed by atoms with Gasteiger partial charge < -0.3 is 25.0 Å². The van der Waals surface area contributed by atoms with Gasteiger partial charge >= 0.3 is 0 Å². The Bertz CT molecular complexity index is 381. The number of guanidine groups is 1. The summed E-state index contributed by atoms with van der Waals surface area (Å²) in [6.07, 6.45) is 6.41. The second-order valence-corrected chi connectivity index (χ2v) is 7.11. The van der Waals surface area contributed by atoms with Crippen LogP contribution in [-0.4, -0.2) is 76.1 Å². The monoisotopic (exact) mass is 482 g/mol. The molecule has 1 aliphatic heterocycles. The van der Waals surface area contributed by atoms with Gasteiger partial charge in [0.25, 0.3) is 0 Å². The van der Waals surface area contributed by atoms with E-state index in [2.05, 4.69) is 29.4 Å². The van der Waals surface area contributed by atoms with E-state index >= 15 is 0 Å². The molecule has 1 atom stereocenters. The molecular formula is C19H39IN4O2. The summed E-state index contributed by atoms with van der Waals surface area (Å²) in [6, 6.07) is 0.892. The van der Waals surface area contributed by atoms with Crippen LogP contribution in [0.3, 0.4) is 0 Å². The summed E-state index contributed by atoms with van der Waals surface area (Å²) < 4.78 is 11.1. The second kappa shape index (κ2) is 14.9. The molecule has 154 valence electrons. The lowest BCUT2D eigenvalue weighted by atomic mass is 10.1. The summed E-state index contributed by atoms with van der Waals surface area (Å²) >= 11 is 0. The number of nitrogens with one attached hydrogen (secondary N) is 2. The topological polar surface area (TPSA) is 58.1 Å². The third kappa shape index (κ3) is 10.3. The number of unbranched alkanes of at least 4 members (excludes halogenated alkanes) is 1. The predicted octanol–water partition coefficient (Wildman–Crippen LogP) is 2.48. The van der Waals surface area contributed by atoms with Crippen LogP contribution in [0.15, 0.2) is 4.99 Å². The number of rotatable bonds is 13. The highest BCUT2D eigenvalue weighted by Crippen LogP contribution is 2.31. The quantitative estimate of drug-likeness (QED) is 0.183. The zero-order chi connectivity index (χ0) is 17.7. The van der Waals surface area contributed by atoms with Gasteiger partial charge in [-0.3, -0.25) is 4.99 Å². The molecule has 1 unspecified atom stereocenters. The molecule has 1 heterocycles.